The molecule has 4 aromatic rings. The number of fused-ring (bicyclic) bond motifs is 2. The zero-order valence-corrected chi connectivity index (χ0v) is 41.7. The second kappa shape index (κ2) is 31.5. The van der Waals surface area contributed by atoms with Gasteiger partial charge in [0.1, 0.15) is 6.04 Å². The van der Waals surface area contributed by atoms with Crippen molar-refractivity contribution in [1.82, 2.24) is 30.5 Å². The van der Waals surface area contributed by atoms with E-state index in [1.807, 2.05) is 60.7 Å². The summed E-state index contributed by atoms with van der Waals surface area (Å²) in [5.74, 6) is -1.02. The van der Waals surface area contributed by atoms with Gasteiger partial charge < -0.3 is 55.0 Å². The number of amides is 5. The highest BCUT2D eigenvalue weighted by Gasteiger charge is 2.34. The normalized spacial score (nSPS) is 14.8. The van der Waals surface area contributed by atoms with Crippen LogP contribution in [-0.2, 0) is 55.9 Å². The van der Waals surface area contributed by atoms with E-state index in [2.05, 4.69) is 25.9 Å². The molecule has 2 aliphatic rings. The van der Waals surface area contributed by atoms with E-state index in [1.54, 1.807) is 35.6 Å². The number of ether oxygens (including phenoxy) is 6. The largest absolute Gasteiger partial charge is 0.382 e. The average Bonchev–Trinajstić information content (AvgIpc) is 3.84. The summed E-state index contributed by atoms with van der Waals surface area (Å²) in [5, 5.41) is 16.4. The van der Waals surface area contributed by atoms with E-state index in [-0.39, 0.29) is 36.8 Å². The topological polar surface area (TPSA) is 230 Å². The molecule has 5 N–H and O–H groups in total. The maximum Gasteiger partial charge on any atom is 0.322 e. The smallest absolute Gasteiger partial charge is 0.322 e. The lowest BCUT2D eigenvalue weighted by Gasteiger charge is -2.30. The standard InChI is InChI=1S/C53H73N9O10/c1-67-26-27-69-30-31-71-34-35-72-33-32-70-29-28-68-25-19-50(63)59-48(12-4-5-20-54)51(64)57-21-6-2-3-7-24-62-52(65)46(44-10-8-13-47-45(44)11-9-22-56-47)36-49(60-62)40-14-16-43(17-15-40)58-53(66)61-38-41-18-23-55-37-42(41)39-61/h8-11,13-18,22-23,37,46,48H,2-7,12,19-21,24-36,38-39,54H2,1H3,(H,57,64)(H,58,66)(H,59,63). The molecule has 2 aromatic carbocycles. The number of pyridine rings is 2. The first kappa shape index (κ1) is 55.4. The Hall–Kier alpha value is -5.93. The van der Waals surface area contributed by atoms with Crippen LogP contribution in [0.2, 0.25) is 0 Å². The third kappa shape index (κ3) is 18.3. The van der Waals surface area contributed by atoms with E-state index >= 15 is 0 Å². The lowest BCUT2D eigenvalue weighted by atomic mass is 9.86. The minimum Gasteiger partial charge on any atom is -0.382 e. The molecule has 19 nitrogen and oxygen atoms in total. The number of anilines is 1. The zero-order valence-electron chi connectivity index (χ0n) is 41.7. The van der Waals surface area contributed by atoms with Crippen molar-refractivity contribution in [2.45, 2.75) is 82.8 Å². The summed E-state index contributed by atoms with van der Waals surface area (Å²) < 4.78 is 32.3. The zero-order chi connectivity index (χ0) is 50.6. The van der Waals surface area contributed by atoms with Crippen molar-refractivity contribution in [3.63, 3.8) is 0 Å². The summed E-state index contributed by atoms with van der Waals surface area (Å²) in [6.45, 7) is 7.25. The van der Waals surface area contributed by atoms with Crippen molar-refractivity contribution in [2.75, 3.05) is 105 Å². The van der Waals surface area contributed by atoms with E-state index in [1.165, 1.54) is 0 Å². The molecular formula is C53H73N9O10. The van der Waals surface area contributed by atoms with Gasteiger partial charge in [0.15, 0.2) is 0 Å². The molecule has 2 atom stereocenters. The minimum atomic E-state index is -0.670. The third-order valence-electron chi connectivity index (χ3n) is 12.3. The van der Waals surface area contributed by atoms with Crippen LogP contribution < -0.4 is 21.7 Å². The van der Waals surface area contributed by atoms with Crippen LogP contribution in [0.5, 0.6) is 0 Å². The molecule has 19 heteroatoms. The number of hydrogen-bond donors (Lipinski definition) is 4. The van der Waals surface area contributed by atoms with Crippen LogP contribution in [0.4, 0.5) is 10.5 Å². The monoisotopic (exact) mass is 996 g/mol. The predicted molar refractivity (Wildman–Crippen MR) is 273 cm³/mol. The van der Waals surface area contributed by atoms with Gasteiger partial charge in [-0.15, -0.1) is 0 Å². The number of carbonyl (C=O) groups is 4. The number of benzene rings is 2. The fourth-order valence-corrected chi connectivity index (χ4v) is 8.41. The van der Waals surface area contributed by atoms with Crippen molar-refractivity contribution in [2.24, 2.45) is 10.8 Å². The Labute approximate surface area is 422 Å². The second-order valence-electron chi connectivity index (χ2n) is 17.6. The Morgan fingerprint density at radius 2 is 1.44 bits per heavy atom. The van der Waals surface area contributed by atoms with Gasteiger partial charge in [0, 0.05) is 75.8 Å². The Balaban J connectivity index is 0.902. The molecule has 5 amide bonds. The van der Waals surface area contributed by atoms with Gasteiger partial charge in [0.05, 0.1) is 89.8 Å². The van der Waals surface area contributed by atoms with Crippen LogP contribution in [0.25, 0.3) is 10.9 Å². The number of unbranched alkanes of at least 4 members (excludes halogenated alkanes) is 4. The summed E-state index contributed by atoms with van der Waals surface area (Å²) in [6.07, 6.45) is 10.9. The van der Waals surface area contributed by atoms with Crippen molar-refractivity contribution in [3.8, 4) is 0 Å². The Bertz CT molecular complexity index is 2290. The van der Waals surface area contributed by atoms with E-state index in [9.17, 15) is 19.2 Å². The maximum absolute atomic E-state index is 14.2. The predicted octanol–water partition coefficient (Wildman–Crippen LogP) is 5.31. The number of carbonyl (C=O) groups excluding carboxylic acids is 4. The molecule has 72 heavy (non-hydrogen) atoms. The molecule has 0 aliphatic carbocycles. The first-order valence-electron chi connectivity index (χ1n) is 25.3. The Kier molecular flexibility index (Phi) is 24.2. The molecule has 0 bridgehead atoms. The van der Waals surface area contributed by atoms with E-state index in [0.29, 0.717) is 130 Å². The highest BCUT2D eigenvalue weighted by molar-refractivity contribution is 6.07. The molecule has 2 aliphatic heterocycles. The molecule has 2 aromatic heterocycles. The third-order valence-corrected chi connectivity index (χ3v) is 12.3. The number of hydrazone groups is 1. The number of nitrogens with zero attached hydrogens (tertiary/aromatic N) is 5. The van der Waals surface area contributed by atoms with Crippen LogP contribution in [0, 0.1) is 0 Å². The van der Waals surface area contributed by atoms with E-state index in [4.69, 9.17) is 39.3 Å². The minimum absolute atomic E-state index is 0.0662. The highest BCUT2D eigenvalue weighted by Crippen LogP contribution is 2.34. The van der Waals surface area contributed by atoms with Gasteiger partial charge >= 0.3 is 6.03 Å². The molecule has 0 saturated carbocycles. The Morgan fingerprint density at radius 3 is 2.15 bits per heavy atom. The SMILES string of the molecule is COCCOCCOCCOCCOCCOCCC(=O)NC(CCCCN)C(=O)NCCCCCCN1N=C(c2ccc(NC(=O)N3Cc4ccncc4C3)cc2)CC(c2cccc3ncccc23)C1=O. The summed E-state index contributed by atoms with van der Waals surface area (Å²) in [7, 11) is 1.63. The fraction of sp³-hybridized carbons (Fsp3) is 0.528. The molecule has 0 spiro atoms. The first-order chi connectivity index (χ1) is 35.3. The molecule has 4 heterocycles. The quantitative estimate of drug-likeness (QED) is 0.0436. The lowest BCUT2D eigenvalue weighted by Crippen LogP contribution is -2.47. The molecule has 6 rings (SSSR count). The van der Waals surface area contributed by atoms with Gasteiger partial charge in [-0.3, -0.25) is 24.4 Å². The molecule has 390 valence electrons. The summed E-state index contributed by atoms with van der Waals surface area (Å²) in [6, 6.07) is 18.5. The van der Waals surface area contributed by atoms with Gasteiger partial charge in [0.25, 0.3) is 5.91 Å². The first-order valence-corrected chi connectivity index (χ1v) is 25.3. The summed E-state index contributed by atoms with van der Waals surface area (Å²) in [5.41, 5.74) is 11.9. The number of methoxy groups -OCH3 is 1. The molecular weight excluding hydrogens is 923 g/mol. The summed E-state index contributed by atoms with van der Waals surface area (Å²) in [4.78, 5) is 63.9. The van der Waals surface area contributed by atoms with Crippen LogP contribution in [0.1, 0.15) is 86.0 Å². The van der Waals surface area contributed by atoms with Crippen LogP contribution in [0.15, 0.2) is 84.4 Å². The van der Waals surface area contributed by atoms with Crippen LogP contribution in [-0.4, -0.2) is 155 Å². The van der Waals surface area contributed by atoms with Crippen LogP contribution >= 0.6 is 0 Å². The van der Waals surface area contributed by atoms with Gasteiger partial charge in [0.2, 0.25) is 11.8 Å². The number of urea groups is 1. The molecule has 0 radical (unpaired) electrons. The second-order valence-corrected chi connectivity index (χ2v) is 17.6. The van der Waals surface area contributed by atoms with Gasteiger partial charge in [-0.2, -0.15) is 5.10 Å². The number of rotatable bonds is 34. The highest BCUT2D eigenvalue weighted by atomic mass is 16.6. The number of aromatic nitrogens is 2. The lowest BCUT2D eigenvalue weighted by molar-refractivity contribution is -0.133. The molecule has 2 unspecified atom stereocenters. The number of nitrogens with two attached hydrogens (primary N) is 1. The number of hydrogen-bond acceptors (Lipinski definition) is 14. The van der Waals surface area contributed by atoms with E-state index in [0.717, 1.165) is 64.6 Å². The van der Waals surface area contributed by atoms with Gasteiger partial charge in [-0.25, -0.2) is 9.80 Å². The van der Waals surface area contributed by atoms with E-state index < -0.39 is 12.0 Å². The molecule has 0 fully saturated rings. The van der Waals surface area contributed by atoms with Crippen molar-refractivity contribution in [3.05, 3.63) is 102 Å². The Morgan fingerprint density at radius 1 is 0.750 bits per heavy atom. The van der Waals surface area contributed by atoms with Gasteiger partial charge in [-0.1, -0.05) is 43.2 Å². The number of nitrogens with one attached hydrogen (secondary N) is 3. The van der Waals surface area contributed by atoms with Crippen LogP contribution in [0.3, 0.4) is 0 Å². The van der Waals surface area contributed by atoms with Crippen molar-refractivity contribution in [1.29, 1.82) is 0 Å². The van der Waals surface area contributed by atoms with Crippen molar-refractivity contribution >= 4 is 46.1 Å². The van der Waals surface area contributed by atoms with Gasteiger partial charge in [-0.05, 0) is 91.2 Å². The summed E-state index contributed by atoms with van der Waals surface area (Å²) >= 11 is 0. The molecule has 0 saturated heterocycles. The average molecular weight is 996 g/mol. The van der Waals surface area contributed by atoms with Crippen molar-refractivity contribution < 1.29 is 47.6 Å². The fourth-order valence-electron chi connectivity index (χ4n) is 8.41. The maximum atomic E-state index is 14.2.